The lowest BCUT2D eigenvalue weighted by atomic mass is 10.1. The summed E-state index contributed by atoms with van der Waals surface area (Å²) in [6.45, 7) is 9.27. The van der Waals surface area contributed by atoms with Gasteiger partial charge in [0.25, 0.3) is 0 Å². The number of hydrogen-bond acceptors (Lipinski definition) is 3. The van der Waals surface area contributed by atoms with Crippen LogP contribution in [0.4, 0.5) is 0 Å². The highest BCUT2D eigenvalue weighted by atomic mass is 31.2. The van der Waals surface area contributed by atoms with Gasteiger partial charge in [-0.1, -0.05) is 233 Å². The Hall–Kier alpha value is 0.310. The molecule has 0 aliphatic carbocycles. The quantitative estimate of drug-likeness (QED) is 0.0478. The predicted octanol–water partition coefficient (Wildman–Crippen LogP) is 16.4. The Morgan fingerprint density at radius 3 is 0.543 bits per heavy atom. The molecule has 4 heteroatoms. The summed E-state index contributed by atoms with van der Waals surface area (Å²) < 4.78 is 18.5. The van der Waals surface area contributed by atoms with E-state index in [2.05, 4.69) is 20.8 Å². The van der Waals surface area contributed by atoms with Gasteiger partial charge in [0.15, 0.2) is 0 Å². The van der Waals surface area contributed by atoms with Gasteiger partial charge in [-0.15, -0.1) is 0 Å². The summed E-state index contributed by atoms with van der Waals surface area (Å²) in [4.78, 5) is 0. The van der Waals surface area contributed by atoms with E-state index < -0.39 is 8.60 Å². The van der Waals surface area contributed by atoms with E-state index in [0.29, 0.717) is 0 Å². The van der Waals surface area contributed by atoms with Crippen LogP contribution in [0.25, 0.3) is 0 Å². The molecule has 0 saturated carbocycles. The van der Waals surface area contributed by atoms with Crippen molar-refractivity contribution in [1.82, 2.24) is 0 Å². The Morgan fingerprint density at radius 2 is 0.370 bits per heavy atom. The molecule has 0 aliphatic heterocycles. The van der Waals surface area contributed by atoms with Crippen LogP contribution in [0.3, 0.4) is 0 Å². The van der Waals surface area contributed by atoms with E-state index in [4.69, 9.17) is 13.6 Å². The van der Waals surface area contributed by atoms with Crippen molar-refractivity contribution < 1.29 is 13.6 Å². The first-order chi connectivity index (χ1) is 22.8. The fourth-order valence-electron chi connectivity index (χ4n) is 6.36. The van der Waals surface area contributed by atoms with Crippen LogP contribution in [0.5, 0.6) is 0 Å². The van der Waals surface area contributed by atoms with E-state index in [-0.39, 0.29) is 0 Å². The number of rotatable bonds is 42. The molecule has 0 amide bonds. The normalized spacial score (nSPS) is 11.7. The third kappa shape index (κ3) is 40.5. The van der Waals surface area contributed by atoms with Gasteiger partial charge in [0, 0.05) is 0 Å². The second-order valence-corrected chi connectivity index (χ2v) is 15.6. The summed E-state index contributed by atoms with van der Waals surface area (Å²) in [5, 5.41) is 0. The molecule has 0 fully saturated rings. The van der Waals surface area contributed by atoms with Gasteiger partial charge < -0.3 is 13.6 Å². The molecule has 0 saturated heterocycles. The summed E-state index contributed by atoms with van der Waals surface area (Å²) in [7, 11) is -1.18. The molecule has 0 atom stereocenters. The van der Waals surface area contributed by atoms with Gasteiger partial charge in [0.1, 0.15) is 0 Å². The summed E-state index contributed by atoms with van der Waals surface area (Å²) in [6.07, 6.45) is 49.5. The van der Waals surface area contributed by atoms with Crippen molar-refractivity contribution in [2.75, 3.05) is 19.8 Å². The second-order valence-electron chi connectivity index (χ2n) is 14.4. The van der Waals surface area contributed by atoms with E-state index in [0.717, 1.165) is 39.1 Å². The molecule has 0 spiro atoms. The first-order valence-electron chi connectivity index (χ1n) is 21.5. The van der Waals surface area contributed by atoms with Crippen molar-refractivity contribution in [3.05, 3.63) is 0 Å². The monoisotopic (exact) mass is 671 g/mol. The first kappa shape index (κ1) is 46.3. The van der Waals surface area contributed by atoms with Crippen molar-refractivity contribution in [2.45, 2.75) is 252 Å². The largest absolute Gasteiger partial charge is 0.332 e. The molecular formula is C42H87O3P. The molecule has 3 nitrogen and oxygen atoms in total. The average molecular weight is 671 g/mol. The zero-order valence-electron chi connectivity index (χ0n) is 32.2. The SMILES string of the molecule is CCCCCCCCCCCCCCOP(OCCCCCCCCCCCCCC)OCCCCCCCCCCCCCC. The van der Waals surface area contributed by atoms with E-state index in [1.807, 2.05) is 0 Å². The highest BCUT2D eigenvalue weighted by Gasteiger charge is 2.12. The molecule has 0 N–H and O–H groups in total. The van der Waals surface area contributed by atoms with Crippen molar-refractivity contribution in [3.63, 3.8) is 0 Å². The van der Waals surface area contributed by atoms with Crippen molar-refractivity contribution in [3.8, 4) is 0 Å². The zero-order valence-corrected chi connectivity index (χ0v) is 33.1. The highest BCUT2D eigenvalue weighted by Crippen LogP contribution is 2.40. The van der Waals surface area contributed by atoms with Crippen LogP contribution in [0.15, 0.2) is 0 Å². The molecular weight excluding hydrogens is 583 g/mol. The lowest BCUT2D eigenvalue weighted by Gasteiger charge is -2.17. The minimum Gasteiger partial charge on any atom is -0.312 e. The standard InChI is InChI=1S/C42H87O3P/c1-4-7-10-13-16-19-22-25-28-31-34-37-40-43-46(44-41-38-35-32-29-26-23-20-17-14-11-8-5-2)45-42-39-36-33-30-27-24-21-18-15-12-9-6-3/h4-42H2,1-3H3. The topological polar surface area (TPSA) is 27.7 Å². The number of unbranched alkanes of at least 4 members (excludes halogenated alkanes) is 33. The summed E-state index contributed by atoms with van der Waals surface area (Å²) in [5.74, 6) is 0. The summed E-state index contributed by atoms with van der Waals surface area (Å²) in [6, 6.07) is 0. The molecule has 0 unspecified atom stereocenters. The van der Waals surface area contributed by atoms with Gasteiger partial charge in [-0.25, -0.2) is 0 Å². The Kier molecular flexibility index (Phi) is 43.6. The Balaban J connectivity index is 3.91. The average Bonchev–Trinajstić information content (AvgIpc) is 3.07. The fraction of sp³-hybridized carbons (Fsp3) is 1.00. The summed E-state index contributed by atoms with van der Waals surface area (Å²) >= 11 is 0. The Bertz CT molecular complexity index is 446. The molecule has 0 aliphatic rings. The van der Waals surface area contributed by atoms with Gasteiger partial charge in [-0.3, -0.25) is 0 Å². The van der Waals surface area contributed by atoms with Crippen LogP contribution in [0, 0.1) is 0 Å². The van der Waals surface area contributed by atoms with E-state index in [1.54, 1.807) is 0 Å². The molecule has 0 heterocycles. The minimum atomic E-state index is -1.18. The molecule has 0 bridgehead atoms. The predicted molar refractivity (Wildman–Crippen MR) is 208 cm³/mol. The second kappa shape index (κ2) is 43.3. The molecule has 46 heavy (non-hydrogen) atoms. The molecule has 278 valence electrons. The molecule has 0 radical (unpaired) electrons. The van der Waals surface area contributed by atoms with Crippen molar-refractivity contribution in [2.24, 2.45) is 0 Å². The number of hydrogen-bond donors (Lipinski definition) is 0. The molecule has 0 aromatic rings. The van der Waals surface area contributed by atoms with E-state index >= 15 is 0 Å². The van der Waals surface area contributed by atoms with Gasteiger partial charge in [0.2, 0.25) is 0 Å². The van der Waals surface area contributed by atoms with Gasteiger partial charge in [0.05, 0.1) is 19.8 Å². The smallest absolute Gasteiger partial charge is 0.312 e. The third-order valence-electron chi connectivity index (χ3n) is 9.58. The fourth-order valence-corrected chi connectivity index (χ4v) is 7.42. The van der Waals surface area contributed by atoms with Crippen LogP contribution in [0.2, 0.25) is 0 Å². The highest BCUT2D eigenvalue weighted by molar-refractivity contribution is 7.41. The maximum Gasteiger partial charge on any atom is 0.332 e. The lowest BCUT2D eigenvalue weighted by molar-refractivity contribution is 0.153. The van der Waals surface area contributed by atoms with Crippen LogP contribution in [-0.4, -0.2) is 19.8 Å². The Morgan fingerprint density at radius 1 is 0.217 bits per heavy atom. The third-order valence-corrected chi connectivity index (χ3v) is 10.8. The van der Waals surface area contributed by atoms with Crippen LogP contribution < -0.4 is 0 Å². The zero-order chi connectivity index (χ0) is 33.3. The van der Waals surface area contributed by atoms with Crippen molar-refractivity contribution in [1.29, 1.82) is 0 Å². The minimum absolute atomic E-state index is 0.792. The van der Waals surface area contributed by atoms with E-state index in [1.165, 1.54) is 212 Å². The van der Waals surface area contributed by atoms with Crippen LogP contribution >= 0.6 is 8.60 Å². The van der Waals surface area contributed by atoms with Gasteiger partial charge >= 0.3 is 8.60 Å². The maximum absolute atomic E-state index is 6.17. The molecule has 0 aromatic carbocycles. The molecule has 0 aromatic heterocycles. The van der Waals surface area contributed by atoms with Crippen LogP contribution in [-0.2, 0) is 13.6 Å². The van der Waals surface area contributed by atoms with Gasteiger partial charge in [-0.05, 0) is 19.3 Å². The Labute approximate surface area is 293 Å². The van der Waals surface area contributed by atoms with Gasteiger partial charge in [-0.2, -0.15) is 0 Å². The van der Waals surface area contributed by atoms with Crippen molar-refractivity contribution >= 4 is 8.60 Å². The van der Waals surface area contributed by atoms with E-state index in [9.17, 15) is 0 Å². The summed E-state index contributed by atoms with van der Waals surface area (Å²) in [5.41, 5.74) is 0. The maximum atomic E-state index is 6.17. The van der Waals surface area contributed by atoms with Crippen LogP contribution in [0.1, 0.15) is 252 Å². The molecule has 0 rings (SSSR count). The lowest BCUT2D eigenvalue weighted by Crippen LogP contribution is -2.00. The first-order valence-corrected chi connectivity index (χ1v) is 22.6.